The van der Waals surface area contributed by atoms with Gasteiger partial charge in [0.15, 0.2) is 0 Å². The SMILES string of the molecule is N=C1c2cc(F)ccc2CN1CCS(N)(=O)=O. The second-order valence-electron chi connectivity index (χ2n) is 3.94. The first-order valence-corrected chi connectivity index (χ1v) is 6.71. The standard InChI is InChI=1S/C10H12FN3O2S/c11-8-2-1-7-6-14(3-4-17(13,15)16)10(12)9(7)5-8/h1-2,5,12H,3-4,6H2,(H2,13,15,16). The molecule has 1 aromatic rings. The summed E-state index contributed by atoms with van der Waals surface area (Å²) >= 11 is 0. The molecule has 0 atom stereocenters. The number of hydrogen-bond acceptors (Lipinski definition) is 3. The summed E-state index contributed by atoms with van der Waals surface area (Å²) in [7, 11) is -3.54. The number of primary sulfonamides is 1. The van der Waals surface area contributed by atoms with Crippen molar-refractivity contribution in [2.75, 3.05) is 12.3 Å². The Morgan fingerprint density at radius 2 is 2.18 bits per heavy atom. The fourth-order valence-electron chi connectivity index (χ4n) is 1.79. The van der Waals surface area contributed by atoms with E-state index in [1.54, 1.807) is 11.0 Å². The second kappa shape index (κ2) is 4.08. The number of halogens is 1. The van der Waals surface area contributed by atoms with Crippen molar-refractivity contribution < 1.29 is 12.8 Å². The Bertz CT molecular complexity index is 571. The number of nitrogens with zero attached hydrogens (tertiary/aromatic N) is 1. The highest BCUT2D eigenvalue weighted by Crippen LogP contribution is 2.23. The van der Waals surface area contributed by atoms with Crippen LogP contribution in [0.4, 0.5) is 4.39 Å². The van der Waals surface area contributed by atoms with Crippen molar-refractivity contribution in [3.05, 3.63) is 35.1 Å². The van der Waals surface area contributed by atoms with Crippen LogP contribution in [-0.4, -0.2) is 31.5 Å². The molecule has 0 spiro atoms. The first kappa shape index (κ1) is 12.0. The number of hydrogen-bond donors (Lipinski definition) is 2. The van der Waals surface area contributed by atoms with Gasteiger partial charge in [-0.25, -0.2) is 17.9 Å². The van der Waals surface area contributed by atoms with E-state index in [4.69, 9.17) is 10.5 Å². The average molecular weight is 257 g/mol. The lowest BCUT2D eigenvalue weighted by Crippen LogP contribution is -2.32. The van der Waals surface area contributed by atoms with Crippen molar-refractivity contribution >= 4 is 15.9 Å². The van der Waals surface area contributed by atoms with Crippen LogP contribution >= 0.6 is 0 Å². The number of amidine groups is 1. The van der Waals surface area contributed by atoms with Crippen LogP contribution in [0.3, 0.4) is 0 Å². The van der Waals surface area contributed by atoms with E-state index in [1.165, 1.54) is 12.1 Å². The van der Waals surface area contributed by atoms with Crippen LogP contribution < -0.4 is 5.14 Å². The Morgan fingerprint density at radius 3 is 2.82 bits per heavy atom. The normalized spacial score (nSPS) is 15.2. The second-order valence-corrected chi connectivity index (χ2v) is 5.67. The van der Waals surface area contributed by atoms with Gasteiger partial charge in [-0.1, -0.05) is 6.07 Å². The Labute approximate surface area is 98.6 Å². The minimum Gasteiger partial charge on any atom is -0.351 e. The maximum atomic E-state index is 13.0. The van der Waals surface area contributed by atoms with Gasteiger partial charge < -0.3 is 4.90 Å². The third kappa shape index (κ3) is 2.62. The topological polar surface area (TPSA) is 87.2 Å². The van der Waals surface area contributed by atoms with Crippen LogP contribution in [0.15, 0.2) is 18.2 Å². The lowest BCUT2D eigenvalue weighted by molar-refractivity contribution is 0.450. The molecule has 0 unspecified atom stereocenters. The third-order valence-electron chi connectivity index (χ3n) is 2.65. The van der Waals surface area contributed by atoms with E-state index in [0.29, 0.717) is 12.1 Å². The summed E-state index contributed by atoms with van der Waals surface area (Å²) < 4.78 is 34.7. The van der Waals surface area contributed by atoms with E-state index in [1.807, 2.05) is 0 Å². The van der Waals surface area contributed by atoms with Crippen molar-refractivity contribution in [1.29, 1.82) is 5.41 Å². The van der Waals surface area contributed by atoms with Gasteiger partial charge in [0.05, 0.1) is 5.75 Å². The van der Waals surface area contributed by atoms with Crippen molar-refractivity contribution in [1.82, 2.24) is 4.90 Å². The highest BCUT2D eigenvalue weighted by Gasteiger charge is 2.24. The van der Waals surface area contributed by atoms with Gasteiger partial charge in [0.25, 0.3) is 0 Å². The van der Waals surface area contributed by atoms with Gasteiger partial charge in [-0.3, -0.25) is 5.41 Å². The van der Waals surface area contributed by atoms with Gasteiger partial charge in [0.1, 0.15) is 11.7 Å². The fraction of sp³-hybridized carbons (Fsp3) is 0.300. The summed E-state index contributed by atoms with van der Waals surface area (Å²) in [5.74, 6) is -0.476. The zero-order valence-electron chi connectivity index (χ0n) is 8.98. The Hall–Kier alpha value is -1.47. The highest BCUT2D eigenvalue weighted by molar-refractivity contribution is 7.89. The van der Waals surface area contributed by atoms with Crippen molar-refractivity contribution in [2.45, 2.75) is 6.54 Å². The molecule has 0 saturated heterocycles. The predicted molar refractivity (Wildman–Crippen MR) is 61.6 cm³/mol. The Balaban J connectivity index is 2.15. The highest BCUT2D eigenvalue weighted by atomic mass is 32.2. The lowest BCUT2D eigenvalue weighted by atomic mass is 10.1. The average Bonchev–Trinajstić information content (AvgIpc) is 2.52. The molecule has 1 aliphatic rings. The Kier molecular flexibility index (Phi) is 2.88. The molecular formula is C10H12FN3O2S. The van der Waals surface area contributed by atoms with E-state index < -0.39 is 15.8 Å². The molecule has 0 bridgehead atoms. The van der Waals surface area contributed by atoms with Crippen LogP contribution in [0, 0.1) is 11.2 Å². The van der Waals surface area contributed by atoms with Gasteiger partial charge in [0, 0.05) is 18.7 Å². The number of nitrogens with two attached hydrogens (primary N) is 1. The molecule has 0 radical (unpaired) electrons. The van der Waals surface area contributed by atoms with Gasteiger partial charge in [0.2, 0.25) is 10.0 Å². The predicted octanol–water partition coefficient (Wildman–Crippen LogP) is 0.255. The molecule has 7 heteroatoms. The summed E-state index contributed by atoms with van der Waals surface area (Å²) in [4.78, 5) is 1.56. The summed E-state index contributed by atoms with van der Waals surface area (Å²) in [6.07, 6.45) is 0. The molecule has 17 heavy (non-hydrogen) atoms. The first-order valence-electron chi connectivity index (χ1n) is 4.99. The molecule has 2 rings (SSSR count). The molecule has 1 heterocycles. The minimum atomic E-state index is -3.54. The van der Waals surface area contributed by atoms with E-state index in [0.717, 1.165) is 5.56 Å². The van der Waals surface area contributed by atoms with Crippen molar-refractivity contribution in [2.24, 2.45) is 5.14 Å². The molecule has 1 aliphatic heterocycles. The molecule has 1 aromatic carbocycles. The van der Waals surface area contributed by atoms with E-state index in [2.05, 4.69) is 0 Å². The molecule has 0 fully saturated rings. The lowest BCUT2D eigenvalue weighted by Gasteiger charge is -2.16. The minimum absolute atomic E-state index is 0.142. The van der Waals surface area contributed by atoms with Crippen LogP contribution in [0.5, 0.6) is 0 Å². The quantitative estimate of drug-likeness (QED) is 0.814. The molecule has 5 nitrogen and oxygen atoms in total. The van der Waals surface area contributed by atoms with Gasteiger partial charge in [-0.15, -0.1) is 0 Å². The zero-order chi connectivity index (χ0) is 12.6. The number of benzene rings is 1. The number of fused-ring (bicyclic) bond motifs is 1. The molecule has 0 saturated carbocycles. The van der Waals surface area contributed by atoms with E-state index >= 15 is 0 Å². The molecule has 0 amide bonds. The summed E-state index contributed by atoms with van der Waals surface area (Å²) in [6, 6.07) is 4.22. The number of rotatable bonds is 3. The fourth-order valence-corrected chi connectivity index (χ4v) is 2.27. The van der Waals surface area contributed by atoms with Crippen molar-refractivity contribution in [3.63, 3.8) is 0 Å². The van der Waals surface area contributed by atoms with Gasteiger partial charge in [-0.05, 0) is 17.7 Å². The van der Waals surface area contributed by atoms with E-state index in [9.17, 15) is 12.8 Å². The smallest absolute Gasteiger partial charge is 0.210 e. The summed E-state index contributed by atoms with van der Waals surface area (Å²) in [5.41, 5.74) is 1.34. The molecule has 0 aliphatic carbocycles. The van der Waals surface area contributed by atoms with Gasteiger partial charge in [-0.2, -0.15) is 0 Å². The number of sulfonamides is 1. The summed E-state index contributed by atoms with van der Waals surface area (Å²) in [5, 5.41) is 12.7. The molecule has 92 valence electrons. The maximum absolute atomic E-state index is 13.0. The van der Waals surface area contributed by atoms with E-state index in [-0.39, 0.29) is 18.1 Å². The van der Waals surface area contributed by atoms with Crippen LogP contribution in [0.2, 0.25) is 0 Å². The van der Waals surface area contributed by atoms with Gasteiger partial charge >= 0.3 is 0 Å². The van der Waals surface area contributed by atoms with Crippen LogP contribution in [0.25, 0.3) is 0 Å². The molecule has 3 N–H and O–H groups in total. The zero-order valence-corrected chi connectivity index (χ0v) is 9.80. The molecule has 0 aromatic heterocycles. The first-order chi connectivity index (χ1) is 7.87. The number of nitrogens with one attached hydrogen (secondary N) is 1. The maximum Gasteiger partial charge on any atom is 0.210 e. The largest absolute Gasteiger partial charge is 0.351 e. The monoisotopic (exact) mass is 257 g/mol. The Morgan fingerprint density at radius 1 is 1.47 bits per heavy atom. The third-order valence-corrected chi connectivity index (χ3v) is 3.40. The summed E-state index contributed by atoms with van der Waals surface area (Å²) in [6.45, 7) is 0.567. The van der Waals surface area contributed by atoms with Crippen LogP contribution in [0.1, 0.15) is 11.1 Å². The molecular weight excluding hydrogens is 245 g/mol. The van der Waals surface area contributed by atoms with Crippen LogP contribution in [-0.2, 0) is 16.6 Å². The van der Waals surface area contributed by atoms with Crippen molar-refractivity contribution in [3.8, 4) is 0 Å².